The maximum Gasteiger partial charge on any atom is 0.120 e. The van der Waals surface area contributed by atoms with Crippen LogP contribution in [0.3, 0.4) is 0 Å². The molecule has 0 bridgehead atoms. The van der Waals surface area contributed by atoms with Crippen LogP contribution in [0.25, 0.3) is 11.3 Å². The van der Waals surface area contributed by atoms with E-state index in [4.69, 9.17) is 0 Å². The third-order valence-electron chi connectivity index (χ3n) is 3.13. The Labute approximate surface area is 108 Å². The Morgan fingerprint density at radius 2 is 2.17 bits per heavy atom. The molecule has 5 nitrogen and oxygen atoms in total. The third kappa shape index (κ3) is 2.46. The standard InChI is InChI=1S/C13H21N5/c1-5-6-14-8-12-15-7-11(16-12)13-9(2)17-18(4)10(13)3/h7,14H,5-6,8H2,1-4H3,(H,15,16). The van der Waals surface area contributed by atoms with Crippen molar-refractivity contribution in [3.63, 3.8) is 0 Å². The van der Waals surface area contributed by atoms with Gasteiger partial charge in [-0.3, -0.25) is 4.68 Å². The van der Waals surface area contributed by atoms with Gasteiger partial charge in [-0.25, -0.2) is 4.98 Å². The van der Waals surface area contributed by atoms with Crippen molar-refractivity contribution >= 4 is 0 Å². The second-order valence-electron chi connectivity index (χ2n) is 4.59. The predicted octanol–water partition coefficient (Wildman–Crippen LogP) is 1.93. The summed E-state index contributed by atoms with van der Waals surface area (Å²) in [5, 5.41) is 7.76. The maximum absolute atomic E-state index is 4.42. The molecule has 0 spiro atoms. The van der Waals surface area contributed by atoms with Gasteiger partial charge in [0.25, 0.3) is 0 Å². The molecule has 2 N–H and O–H groups in total. The summed E-state index contributed by atoms with van der Waals surface area (Å²) < 4.78 is 1.90. The maximum atomic E-state index is 4.42. The molecule has 98 valence electrons. The number of H-pyrrole nitrogens is 1. The van der Waals surface area contributed by atoms with Crippen LogP contribution in [-0.2, 0) is 13.6 Å². The highest BCUT2D eigenvalue weighted by atomic mass is 15.3. The molecule has 5 heteroatoms. The van der Waals surface area contributed by atoms with E-state index in [0.29, 0.717) is 0 Å². The molecule has 0 radical (unpaired) electrons. The Bertz CT molecular complexity index is 523. The van der Waals surface area contributed by atoms with Crippen molar-refractivity contribution in [1.29, 1.82) is 0 Å². The summed E-state index contributed by atoms with van der Waals surface area (Å²) in [6, 6.07) is 0. The first-order chi connectivity index (χ1) is 8.63. The molecule has 0 aromatic carbocycles. The molecule has 0 saturated heterocycles. The summed E-state index contributed by atoms with van der Waals surface area (Å²) in [6.07, 6.45) is 3.02. The van der Waals surface area contributed by atoms with Crippen LogP contribution in [0.4, 0.5) is 0 Å². The highest BCUT2D eigenvalue weighted by molar-refractivity contribution is 5.64. The van der Waals surface area contributed by atoms with Crippen molar-refractivity contribution in [2.75, 3.05) is 6.54 Å². The van der Waals surface area contributed by atoms with Crippen LogP contribution < -0.4 is 5.32 Å². The molecule has 0 unspecified atom stereocenters. The van der Waals surface area contributed by atoms with E-state index in [0.717, 1.165) is 48.0 Å². The number of hydrogen-bond donors (Lipinski definition) is 2. The van der Waals surface area contributed by atoms with Gasteiger partial charge in [-0.15, -0.1) is 0 Å². The first-order valence-electron chi connectivity index (χ1n) is 6.38. The largest absolute Gasteiger partial charge is 0.341 e. The van der Waals surface area contributed by atoms with Gasteiger partial charge in [0, 0.05) is 18.3 Å². The quantitative estimate of drug-likeness (QED) is 0.794. The number of aromatic amines is 1. The van der Waals surface area contributed by atoms with Gasteiger partial charge in [-0.2, -0.15) is 5.10 Å². The van der Waals surface area contributed by atoms with Crippen LogP contribution in [0, 0.1) is 13.8 Å². The zero-order chi connectivity index (χ0) is 13.1. The molecule has 2 aromatic rings. The molecule has 2 aromatic heterocycles. The van der Waals surface area contributed by atoms with Crippen LogP contribution in [0.1, 0.15) is 30.6 Å². The second kappa shape index (κ2) is 5.35. The summed E-state index contributed by atoms with van der Waals surface area (Å²) in [6.45, 7) is 8.06. The SMILES string of the molecule is CCCNCc1ncc(-c2c(C)nn(C)c2C)[nH]1. The van der Waals surface area contributed by atoms with E-state index < -0.39 is 0 Å². The Morgan fingerprint density at radius 1 is 1.39 bits per heavy atom. The Kier molecular flexibility index (Phi) is 3.81. The Hall–Kier alpha value is -1.62. The van der Waals surface area contributed by atoms with E-state index in [1.54, 1.807) is 0 Å². The van der Waals surface area contributed by atoms with Gasteiger partial charge in [0.15, 0.2) is 0 Å². The Balaban J connectivity index is 2.19. The Morgan fingerprint density at radius 3 is 2.78 bits per heavy atom. The molecule has 0 amide bonds. The van der Waals surface area contributed by atoms with Crippen molar-refractivity contribution in [2.24, 2.45) is 7.05 Å². The van der Waals surface area contributed by atoms with Gasteiger partial charge in [-0.05, 0) is 26.8 Å². The lowest BCUT2D eigenvalue weighted by molar-refractivity contribution is 0.655. The average molecular weight is 247 g/mol. The highest BCUT2D eigenvalue weighted by Gasteiger charge is 2.13. The number of rotatable bonds is 5. The summed E-state index contributed by atoms with van der Waals surface area (Å²) in [4.78, 5) is 7.76. The highest BCUT2D eigenvalue weighted by Crippen LogP contribution is 2.24. The molecule has 0 aliphatic heterocycles. The smallest absolute Gasteiger partial charge is 0.120 e. The number of nitrogens with one attached hydrogen (secondary N) is 2. The number of imidazole rings is 1. The van der Waals surface area contributed by atoms with E-state index in [1.807, 2.05) is 24.9 Å². The van der Waals surface area contributed by atoms with Crippen molar-refractivity contribution in [3.8, 4) is 11.3 Å². The predicted molar refractivity (Wildman–Crippen MR) is 72.3 cm³/mol. The van der Waals surface area contributed by atoms with Crippen LogP contribution in [-0.4, -0.2) is 26.3 Å². The lowest BCUT2D eigenvalue weighted by atomic mass is 10.1. The first kappa shape index (κ1) is 12.8. The fraction of sp³-hybridized carbons (Fsp3) is 0.538. The van der Waals surface area contributed by atoms with Crippen LogP contribution in [0.5, 0.6) is 0 Å². The average Bonchev–Trinajstić information content (AvgIpc) is 2.86. The number of aryl methyl sites for hydroxylation is 2. The minimum absolute atomic E-state index is 0.784. The molecule has 2 heterocycles. The lowest BCUT2D eigenvalue weighted by Crippen LogP contribution is -2.14. The molecule has 2 rings (SSSR count). The van der Waals surface area contributed by atoms with Crippen molar-refractivity contribution < 1.29 is 0 Å². The summed E-state index contributed by atoms with van der Waals surface area (Å²) >= 11 is 0. The minimum atomic E-state index is 0.784. The van der Waals surface area contributed by atoms with Crippen LogP contribution in [0.2, 0.25) is 0 Å². The number of hydrogen-bond acceptors (Lipinski definition) is 3. The van der Waals surface area contributed by atoms with Gasteiger partial charge >= 0.3 is 0 Å². The molecule has 0 saturated carbocycles. The van der Waals surface area contributed by atoms with Crippen LogP contribution in [0.15, 0.2) is 6.20 Å². The number of aromatic nitrogens is 4. The van der Waals surface area contributed by atoms with E-state index in [9.17, 15) is 0 Å². The normalized spacial score (nSPS) is 11.1. The lowest BCUT2D eigenvalue weighted by Gasteiger charge is -2.00. The zero-order valence-corrected chi connectivity index (χ0v) is 11.5. The molecule has 0 aliphatic rings. The fourth-order valence-electron chi connectivity index (χ4n) is 2.13. The molecule has 18 heavy (non-hydrogen) atoms. The fourth-order valence-corrected chi connectivity index (χ4v) is 2.13. The molecule has 0 atom stereocenters. The first-order valence-corrected chi connectivity index (χ1v) is 6.38. The van der Waals surface area contributed by atoms with Crippen molar-refractivity contribution in [3.05, 3.63) is 23.4 Å². The van der Waals surface area contributed by atoms with Gasteiger partial charge in [0.2, 0.25) is 0 Å². The van der Waals surface area contributed by atoms with E-state index in [1.165, 1.54) is 0 Å². The zero-order valence-electron chi connectivity index (χ0n) is 11.5. The number of nitrogens with zero attached hydrogens (tertiary/aromatic N) is 3. The minimum Gasteiger partial charge on any atom is -0.341 e. The van der Waals surface area contributed by atoms with Gasteiger partial charge < -0.3 is 10.3 Å². The molecule has 0 aliphatic carbocycles. The summed E-state index contributed by atoms with van der Waals surface area (Å²) in [7, 11) is 1.96. The van der Waals surface area contributed by atoms with Crippen molar-refractivity contribution in [1.82, 2.24) is 25.1 Å². The van der Waals surface area contributed by atoms with Crippen LogP contribution >= 0.6 is 0 Å². The summed E-state index contributed by atoms with van der Waals surface area (Å²) in [5.74, 6) is 0.973. The summed E-state index contributed by atoms with van der Waals surface area (Å²) in [5.41, 5.74) is 4.40. The third-order valence-corrected chi connectivity index (χ3v) is 3.13. The molecular formula is C13H21N5. The molecule has 0 fully saturated rings. The van der Waals surface area contributed by atoms with Gasteiger partial charge in [0.1, 0.15) is 5.82 Å². The van der Waals surface area contributed by atoms with Crippen molar-refractivity contribution in [2.45, 2.75) is 33.7 Å². The van der Waals surface area contributed by atoms with E-state index >= 15 is 0 Å². The van der Waals surface area contributed by atoms with Gasteiger partial charge in [0.05, 0.1) is 24.1 Å². The van der Waals surface area contributed by atoms with E-state index in [2.05, 4.69) is 34.2 Å². The van der Waals surface area contributed by atoms with E-state index in [-0.39, 0.29) is 0 Å². The topological polar surface area (TPSA) is 58.5 Å². The van der Waals surface area contributed by atoms with Gasteiger partial charge in [-0.1, -0.05) is 6.92 Å². The molecular weight excluding hydrogens is 226 g/mol. The monoisotopic (exact) mass is 247 g/mol. The second-order valence-corrected chi connectivity index (χ2v) is 4.59.